The number of ether oxygens (including phenoxy) is 29. The molecule has 0 aliphatic carbocycles. The summed E-state index contributed by atoms with van der Waals surface area (Å²) in [5.74, 6) is -1.59. The number of hydrogen-bond donors (Lipinski definition) is 0. The Hall–Kier alpha value is -10.6. The first-order valence-corrected chi connectivity index (χ1v) is 47.6. The minimum absolute atomic E-state index is 0.0109. The van der Waals surface area contributed by atoms with Gasteiger partial charge in [0.15, 0.2) is 68.4 Å². The highest BCUT2D eigenvalue weighted by Crippen LogP contribution is 2.47. The largest absolute Gasteiger partial charge is 0.497 e. The van der Waals surface area contributed by atoms with E-state index in [1.54, 1.807) is 52.3 Å². The van der Waals surface area contributed by atoms with Crippen LogP contribution in [0.4, 0.5) is 0 Å². The van der Waals surface area contributed by atoms with Crippen LogP contribution in [0.1, 0.15) is 106 Å². The Morgan fingerprint density at radius 3 is 0.979 bits per heavy atom. The van der Waals surface area contributed by atoms with Gasteiger partial charge in [-0.2, -0.15) is 0 Å². The average molecular weight is 1950 g/mol. The summed E-state index contributed by atoms with van der Waals surface area (Å²) in [6.07, 6.45) is -40.7. The van der Waals surface area contributed by atoms with Crippen LogP contribution in [0.5, 0.6) is 17.2 Å². The SMILES string of the molecule is COc1ccc(CO[C@@H]2[C@@H](OC(C)=O)[C@H](O[C@@H]3[C@@H](OCc4ccccc4)[C@H](C)O[C@@H](O[C@@H]4[C@@H](OCc5ccccc5)[C@H](C)O[C@@H](O[C@@H]5[C@@H](OCc6ccccc6)[C@H](O[C@@H]6[C@@H](OCc7ccccc7)[C@H](C)O[C@@H](Oc7ccc(OC)cc7)[C@@H]6OCc6ccccc6)O[C@@H]6CO[C@@H](c7ccccc7)O[C@@H]56)[C@@H]4O[C@@H]4OC[C@@H](OC(C)=O)[C@H](OC(C)=O)[C@H]4OC(C)=O)[C@@H]3OC)O[C@@H]3CO[C@@H](c4ccccc4)O[C@@H]23)cc1. The first-order valence-electron chi connectivity index (χ1n) is 47.6. The fourth-order valence-corrected chi connectivity index (χ4v) is 18.8. The topological polar surface area (TPSA) is 336 Å². The van der Waals surface area contributed by atoms with Crippen molar-refractivity contribution in [2.75, 3.05) is 41.2 Å². The highest BCUT2D eigenvalue weighted by molar-refractivity contribution is 5.68. The van der Waals surface area contributed by atoms with Gasteiger partial charge in [0.25, 0.3) is 0 Å². The molecule has 0 radical (unpaired) electrons. The molecule has 17 rings (SSSR count). The third kappa shape index (κ3) is 26.0. The van der Waals surface area contributed by atoms with E-state index in [-0.39, 0.29) is 52.9 Å². The highest BCUT2D eigenvalue weighted by atomic mass is 16.8. The summed E-state index contributed by atoms with van der Waals surface area (Å²) < 4.78 is 202. The van der Waals surface area contributed by atoms with Gasteiger partial charge in [-0.05, 0) is 90.6 Å². The standard InChI is InChI=1S/C108H122O33/c1-63-84(116-54-70-32-18-11-19-33-70)91(137-108-99(131-69(7)112)90(119-59-75-46-48-78(113-8)49-47-75)87-82(134-108)61-122-101(135-87)76-42-28-16-29-43-76)95(115-10)104(125-63)139-93-86(118-56-72-36-22-13-23-37-72)65(3)127-107(100(93)141-103-98(130-68(6)111)89(129-67(5)110)81(60-124-103)128-66(4)109)140-94-88-83(62-123-102(136-88)77-44-30-17-31-45-77)133-106(97(94)121-58-74-40-26-15-27-41-74)138-92-85(117-55-71-34-20-12-21-35-71)64(2)126-105(132-80-52-50-79(114-9)51-53-80)96(92)120-57-73-38-24-14-25-39-73/h11-53,63-65,81-108H,54-62H2,1-10H3/t63-,64-,65-,81+,82+,83+,84-,85-,86-,87+,88+,89-,90-,91+,92+,93+,94-,95+,96+,97+,98+,99+,100+,101+,102+,103-,104-,105-,106-,107-,108-/m0/s1. The zero-order valence-corrected chi connectivity index (χ0v) is 80.1. The van der Waals surface area contributed by atoms with E-state index in [1.165, 1.54) is 21.0 Å². The van der Waals surface area contributed by atoms with Crippen LogP contribution >= 0.6 is 0 Å². The Morgan fingerprint density at radius 2 is 0.567 bits per heavy atom. The van der Waals surface area contributed by atoms with Crippen LogP contribution < -0.4 is 14.2 Å². The van der Waals surface area contributed by atoms with Gasteiger partial charge in [0, 0.05) is 45.9 Å². The molecule has 8 aliphatic rings. The van der Waals surface area contributed by atoms with Gasteiger partial charge in [-0.3, -0.25) is 19.2 Å². The van der Waals surface area contributed by atoms with Crippen LogP contribution in [0, 0.1) is 0 Å². The summed E-state index contributed by atoms with van der Waals surface area (Å²) in [5.41, 5.74) is 5.99. The predicted molar refractivity (Wildman–Crippen MR) is 498 cm³/mol. The van der Waals surface area contributed by atoms with Crippen molar-refractivity contribution in [3.05, 3.63) is 305 Å². The van der Waals surface area contributed by atoms with Crippen molar-refractivity contribution in [2.24, 2.45) is 0 Å². The molecule has 8 saturated heterocycles. The number of rotatable bonds is 39. The molecule has 0 saturated carbocycles. The van der Waals surface area contributed by atoms with E-state index in [9.17, 15) is 19.2 Å². The second-order valence-corrected chi connectivity index (χ2v) is 35.6. The highest BCUT2D eigenvalue weighted by Gasteiger charge is 2.63. The molecule has 0 N–H and O–H groups in total. The van der Waals surface area contributed by atoms with Crippen LogP contribution in [-0.2, 0) is 182 Å². The van der Waals surface area contributed by atoms with Gasteiger partial charge in [-0.15, -0.1) is 0 Å². The van der Waals surface area contributed by atoms with Crippen molar-refractivity contribution in [1.29, 1.82) is 0 Å². The molecular weight excluding hydrogens is 1830 g/mol. The average Bonchev–Trinajstić information content (AvgIpc) is 0.561. The molecule has 0 aromatic heterocycles. The zero-order chi connectivity index (χ0) is 97.8. The van der Waals surface area contributed by atoms with Crippen LogP contribution in [0.3, 0.4) is 0 Å². The molecule has 0 unspecified atom stereocenters. The van der Waals surface area contributed by atoms with Crippen LogP contribution in [0.2, 0.25) is 0 Å². The van der Waals surface area contributed by atoms with E-state index in [2.05, 4.69) is 0 Å². The third-order valence-corrected chi connectivity index (χ3v) is 25.6. The summed E-state index contributed by atoms with van der Waals surface area (Å²) >= 11 is 0. The quantitative estimate of drug-likeness (QED) is 0.0255. The van der Waals surface area contributed by atoms with Gasteiger partial charge in [-0.1, -0.05) is 224 Å². The summed E-state index contributed by atoms with van der Waals surface area (Å²) in [6.45, 7) is 9.37. The monoisotopic (exact) mass is 1950 g/mol. The molecule has 33 nitrogen and oxygen atoms in total. The molecule has 33 heteroatoms. The minimum Gasteiger partial charge on any atom is -0.497 e. The lowest BCUT2D eigenvalue weighted by Crippen LogP contribution is -2.70. The Balaban J connectivity index is 0.806. The lowest BCUT2D eigenvalue weighted by atomic mass is 9.94. The van der Waals surface area contributed by atoms with E-state index >= 15 is 0 Å². The number of methoxy groups -OCH3 is 3. The second-order valence-electron chi connectivity index (χ2n) is 35.6. The summed E-state index contributed by atoms with van der Waals surface area (Å²) in [4.78, 5) is 54.8. The maximum atomic E-state index is 14.0. The normalized spacial score (nSPS) is 32.5. The molecule has 0 spiro atoms. The fourth-order valence-electron chi connectivity index (χ4n) is 18.8. The van der Waals surface area contributed by atoms with Gasteiger partial charge >= 0.3 is 23.9 Å². The Kier molecular flexibility index (Phi) is 35.5. The van der Waals surface area contributed by atoms with E-state index in [4.69, 9.17) is 137 Å². The van der Waals surface area contributed by atoms with Gasteiger partial charge in [0.05, 0.1) is 92.0 Å². The van der Waals surface area contributed by atoms with Gasteiger partial charge in [-0.25, -0.2) is 0 Å². The van der Waals surface area contributed by atoms with Crippen molar-refractivity contribution >= 4 is 23.9 Å². The van der Waals surface area contributed by atoms with E-state index in [0.717, 1.165) is 47.2 Å². The molecule has 9 aromatic carbocycles. The van der Waals surface area contributed by atoms with E-state index in [1.807, 2.05) is 244 Å². The lowest BCUT2D eigenvalue weighted by Gasteiger charge is -2.54. The molecule has 8 fully saturated rings. The molecule has 9 aromatic rings. The first-order chi connectivity index (χ1) is 68.7. The molecular formula is C108H122O33. The van der Waals surface area contributed by atoms with Crippen LogP contribution in [0.25, 0.3) is 0 Å². The smallest absolute Gasteiger partial charge is 0.303 e. The number of carbonyl (C=O) groups excluding carboxylic acids is 4. The summed E-state index contributed by atoms with van der Waals surface area (Å²) in [6, 6.07) is 80.9. The minimum atomic E-state index is -1.83. The van der Waals surface area contributed by atoms with Gasteiger partial charge in [0.2, 0.25) is 6.29 Å². The maximum Gasteiger partial charge on any atom is 0.303 e. The third-order valence-electron chi connectivity index (χ3n) is 25.6. The lowest BCUT2D eigenvalue weighted by molar-refractivity contribution is -0.425. The van der Waals surface area contributed by atoms with Gasteiger partial charge in [0.1, 0.15) is 115 Å². The van der Waals surface area contributed by atoms with E-state index in [0.29, 0.717) is 28.4 Å². The number of hydrogen-bond acceptors (Lipinski definition) is 33. The maximum absolute atomic E-state index is 14.0. The number of benzene rings is 9. The first kappa shape index (κ1) is 102. The molecule has 31 atom stereocenters. The summed E-state index contributed by atoms with van der Waals surface area (Å²) in [7, 11) is 4.60. The molecule has 8 aliphatic heterocycles. The summed E-state index contributed by atoms with van der Waals surface area (Å²) in [5, 5.41) is 0. The van der Waals surface area contributed by atoms with Crippen LogP contribution in [-0.4, -0.2) is 243 Å². The number of carbonyl (C=O) groups is 4. The molecule has 8 heterocycles. The van der Waals surface area contributed by atoms with Crippen molar-refractivity contribution in [2.45, 2.75) is 279 Å². The number of fused-ring (bicyclic) bond motifs is 2. The Labute approximate surface area is 818 Å². The number of esters is 4. The van der Waals surface area contributed by atoms with E-state index < -0.39 is 221 Å². The van der Waals surface area contributed by atoms with Crippen molar-refractivity contribution in [3.63, 3.8) is 0 Å². The fraction of sp³-hybridized carbons (Fsp3) is 0.463. The second kappa shape index (κ2) is 49.1. The van der Waals surface area contributed by atoms with Crippen molar-refractivity contribution < 1.29 is 157 Å². The Bertz CT molecular complexity index is 5340. The van der Waals surface area contributed by atoms with Gasteiger partial charge < -0.3 is 137 Å². The zero-order valence-electron chi connectivity index (χ0n) is 80.1. The van der Waals surface area contributed by atoms with Crippen molar-refractivity contribution in [1.82, 2.24) is 0 Å². The molecule has 0 bridgehead atoms. The Morgan fingerprint density at radius 1 is 0.262 bits per heavy atom. The van der Waals surface area contributed by atoms with Crippen molar-refractivity contribution in [3.8, 4) is 17.2 Å². The van der Waals surface area contributed by atoms with Crippen LogP contribution in [0.15, 0.2) is 261 Å². The molecule has 752 valence electrons. The molecule has 0 amide bonds. The molecule has 141 heavy (non-hydrogen) atoms. The predicted octanol–water partition coefficient (Wildman–Crippen LogP) is 13.5.